The quantitative estimate of drug-likeness (QED) is 0.243. The van der Waals surface area contributed by atoms with Crippen LogP contribution in [0.2, 0.25) is 0 Å². The lowest BCUT2D eigenvalue weighted by Crippen LogP contribution is -2.00. The Morgan fingerprint density at radius 3 is 2.06 bits per heavy atom. The molecule has 6 rings (SSSR count). The number of hydrogen-bond donors (Lipinski definition) is 1. The van der Waals surface area contributed by atoms with Crippen LogP contribution in [0.5, 0.6) is 11.5 Å². The van der Waals surface area contributed by atoms with Gasteiger partial charge in [0.1, 0.15) is 11.5 Å². The molecule has 5 nitrogen and oxygen atoms in total. The molecule has 1 N–H and O–H groups in total. The Kier molecular flexibility index (Phi) is 4.55. The molecule has 0 aliphatic heterocycles. The first-order valence-electron chi connectivity index (χ1n) is 10.5. The van der Waals surface area contributed by atoms with E-state index in [2.05, 4.69) is 59.6 Å². The van der Waals surface area contributed by atoms with Crippen LogP contribution in [0.4, 0.5) is 0 Å². The number of aromatic nitrogens is 3. The summed E-state index contributed by atoms with van der Waals surface area (Å²) in [5.74, 6) is 1.64. The number of nitrogens with zero attached hydrogens (tertiary/aromatic N) is 3. The fourth-order valence-corrected chi connectivity index (χ4v) is 4.80. The monoisotopic (exact) mass is 449 g/mol. The molecule has 0 aliphatic rings. The van der Waals surface area contributed by atoms with Gasteiger partial charge in [0, 0.05) is 11.6 Å². The number of thioether (sulfide) groups is 1. The molecule has 0 unspecified atom stereocenters. The van der Waals surface area contributed by atoms with E-state index in [1.165, 1.54) is 38.7 Å². The number of phenols is 1. The van der Waals surface area contributed by atoms with Crippen LogP contribution < -0.4 is 4.74 Å². The molecule has 0 spiro atoms. The zero-order valence-electron chi connectivity index (χ0n) is 18.0. The topological polar surface area (TPSA) is 68.1 Å². The normalized spacial score (nSPS) is 11.6. The minimum atomic E-state index is 0.0638. The summed E-state index contributed by atoms with van der Waals surface area (Å²) in [6.45, 7) is 0. The zero-order valence-corrected chi connectivity index (χ0v) is 18.9. The molecule has 0 saturated carbocycles. The van der Waals surface area contributed by atoms with Crippen molar-refractivity contribution in [1.82, 2.24) is 15.0 Å². The summed E-state index contributed by atoms with van der Waals surface area (Å²) in [6, 6.07) is 24.3. The summed E-state index contributed by atoms with van der Waals surface area (Å²) in [7, 11) is 1.56. The molecule has 5 aromatic carbocycles. The van der Waals surface area contributed by atoms with E-state index in [-0.39, 0.29) is 5.75 Å². The van der Waals surface area contributed by atoms with Gasteiger partial charge in [-0.25, -0.2) is 15.0 Å². The Labute approximate surface area is 194 Å². The molecular weight excluding hydrogens is 430 g/mol. The SMILES string of the molecule is COc1ccc(-c2nc(SC)nc(-c3ccc4ccc5cccc6ccc3c4c56)n2)c(O)c1. The Morgan fingerprint density at radius 2 is 1.36 bits per heavy atom. The fraction of sp³-hybridized carbons (Fsp3) is 0.0741. The smallest absolute Gasteiger partial charge is 0.191 e. The van der Waals surface area contributed by atoms with E-state index in [9.17, 15) is 5.11 Å². The highest BCUT2D eigenvalue weighted by molar-refractivity contribution is 7.98. The second-order valence-electron chi connectivity index (χ2n) is 7.82. The lowest BCUT2D eigenvalue weighted by molar-refractivity contribution is 0.408. The van der Waals surface area contributed by atoms with Gasteiger partial charge in [0.2, 0.25) is 0 Å². The van der Waals surface area contributed by atoms with E-state index in [0.717, 1.165) is 10.9 Å². The van der Waals surface area contributed by atoms with E-state index in [1.807, 2.05) is 6.26 Å². The maximum atomic E-state index is 10.6. The maximum Gasteiger partial charge on any atom is 0.191 e. The second-order valence-corrected chi connectivity index (χ2v) is 8.59. The van der Waals surface area contributed by atoms with Crippen LogP contribution in [0, 0.1) is 0 Å². The predicted octanol–water partition coefficient (Wildman–Crippen LogP) is 6.54. The summed E-state index contributed by atoms with van der Waals surface area (Å²) in [6.07, 6.45) is 1.93. The fourth-order valence-electron chi connectivity index (χ4n) is 4.45. The molecular formula is C27H19N3O2S. The van der Waals surface area contributed by atoms with Crippen molar-refractivity contribution in [3.63, 3.8) is 0 Å². The molecule has 0 saturated heterocycles. The number of rotatable bonds is 4. The Morgan fingerprint density at radius 1 is 0.727 bits per heavy atom. The second kappa shape index (κ2) is 7.60. The molecule has 6 heteroatoms. The lowest BCUT2D eigenvalue weighted by atomic mass is 9.92. The number of methoxy groups -OCH3 is 1. The van der Waals surface area contributed by atoms with Crippen LogP contribution in [0.3, 0.4) is 0 Å². The van der Waals surface area contributed by atoms with Gasteiger partial charge < -0.3 is 9.84 Å². The van der Waals surface area contributed by atoms with E-state index in [0.29, 0.717) is 28.1 Å². The van der Waals surface area contributed by atoms with Crippen molar-refractivity contribution >= 4 is 44.1 Å². The van der Waals surface area contributed by atoms with Gasteiger partial charge in [-0.3, -0.25) is 0 Å². The number of ether oxygens (including phenoxy) is 1. The van der Waals surface area contributed by atoms with Gasteiger partial charge >= 0.3 is 0 Å². The minimum absolute atomic E-state index is 0.0638. The lowest BCUT2D eigenvalue weighted by Gasteiger charge is -2.14. The molecule has 0 bridgehead atoms. The third-order valence-electron chi connectivity index (χ3n) is 6.01. The highest BCUT2D eigenvalue weighted by Crippen LogP contribution is 2.39. The Hall–Kier alpha value is -3.90. The number of benzene rings is 5. The number of phenolic OH excluding ortho intramolecular Hbond substituents is 1. The van der Waals surface area contributed by atoms with Crippen molar-refractivity contribution in [3.05, 3.63) is 72.8 Å². The van der Waals surface area contributed by atoms with Crippen LogP contribution >= 0.6 is 11.8 Å². The van der Waals surface area contributed by atoms with Gasteiger partial charge in [-0.1, -0.05) is 60.3 Å². The molecule has 160 valence electrons. The average Bonchev–Trinajstić information content (AvgIpc) is 2.86. The van der Waals surface area contributed by atoms with Crippen LogP contribution in [-0.4, -0.2) is 33.4 Å². The first kappa shape index (κ1) is 19.8. The van der Waals surface area contributed by atoms with Crippen LogP contribution in [0.15, 0.2) is 78.0 Å². The van der Waals surface area contributed by atoms with Gasteiger partial charge in [-0.2, -0.15) is 0 Å². The third-order valence-corrected chi connectivity index (χ3v) is 6.56. The van der Waals surface area contributed by atoms with Gasteiger partial charge in [0.25, 0.3) is 0 Å². The molecule has 0 atom stereocenters. The van der Waals surface area contributed by atoms with Gasteiger partial charge in [-0.15, -0.1) is 0 Å². The average molecular weight is 450 g/mol. The van der Waals surface area contributed by atoms with Crippen LogP contribution in [0.1, 0.15) is 0 Å². The molecule has 0 fully saturated rings. The van der Waals surface area contributed by atoms with Crippen molar-refractivity contribution < 1.29 is 9.84 Å². The highest BCUT2D eigenvalue weighted by Gasteiger charge is 2.17. The van der Waals surface area contributed by atoms with Crippen LogP contribution in [-0.2, 0) is 0 Å². The molecule has 0 amide bonds. The van der Waals surface area contributed by atoms with E-state index in [4.69, 9.17) is 14.7 Å². The van der Waals surface area contributed by atoms with Crippen molar-refractivity contribution in [2.75, 3.05) is 13.4 Å². The summed E-state index contributed by atoms with van der Waals surface area (Å²) in [5, 5.41) is 18.3. The Balaban J connectivity index is 1.62. The third kappa shape index (κ3) is 3.14. The Bertz CT molecular complexity index is 1650. The molecule has 0 radical (unpaired) electrons. The van der Waals surface area contributed by atoms with Crippen molar-refractivity contribution in [1.29, 1.82) is 0 Å². The summed E-state index contributed by atoms with van der Waals surface area (Å²) in [4.78, 5) is 14.1. The van der Waals surface area contributed by atoms with Gasteiger partial charge in [0.15, 0.2) is 16.8 Å². The maximum absolute atomic E-state index is 10.6. The predicted molar refractivity (Wildman–Crippen MR) is 134 cm³/mol. The van der Waals surface area contributed by atoms with Crippen LogP contribution in [0.25, 0.3) is 55.1 Å². The van der Waals surface area contributed by atoms with Gasteiger partial charge in [-0.05, 0) is 56.8 Å². The molecule has 1 heterocycles. The standard InChI is InChI=1S/C27H19N3O2S/c1-32-18-10-13-21(22(31)14-18)26-28-25(29-27(30-26)33-2)20-12-9-17-7-6-15-4-3-5-16-8-11-19(20)24(17)23(15)16/h3-14,31H,1-2H3. The van der Waals surface area contributed by atoms with Crippen molar-refractivity contribution in [2.45, 2.75) is 5.16 Å². The largest absolute Gasteiger partial charge is 0.507 e. The summed E-state index contributed by atoms with van der Waals surface area (Å²) >= 11 is 1.44. The number of hydrogen-bond acceptors (Lipinski definition) is 6. The molecule has 6 aromatic rings. The summed E-state index contributed by atoms with van der Waals surface area (Å²) in [5.41, 5.74) is 1.47. The van der Waals surface area contributed by atoms with E-state index < -0.39 is 0 Å². The van der Waals surface area contributed by atoms with E-state index >= 15 is 0 Å². The van der Waals surface area contributed by atoms with Crippen molar-refractivity contribution in [2.24, 2.45) is 0 Å². The van der Waals surface area contributed by atoms with Crippen molar-refractivity contribution in [3.8, 4) is 34.3 Å². The molecule has 33 heavy (non-hydrogen) atoms. The summed E-state index contributed by atoms with van der Waals surface area (Å²) < 4.78 is 5.21. The first-order chi connectivity index (χ1) is 16.2. The van der Waals surface area contributed by atoms with Gasteiger partial charge in [0.05, 0.1) is 12.7 Å². The molecule has 1 aromatic heterocycles. The number of aromatic hydroxyl groups is 1. The molecule has 0 aliphatic carbocycles. The first-order valence-corrected chi connectivity index (χ1v) is 11.7. The van der Waals surface area contributed by atoms with E-state index in [1.54, 1.807) is 25.3 Å². The minimum Gasteiger partial charge on any atom is -0.507 e. The highest BCUT2D eigenvalue weighted by atomic mass is 32.2. The zero-order chi connectivity index (χ0) is 22.5.